The number of carbonyl (C=O) groups is 1. The van der Waals surface area contributed by atoms with Crippen LogP contribution in [0.1, 0.15) is 41.6 Å². The molecule has 0 aliphatic heterocycles. The van der Waals surface area contributed by atoms with Gasteiger partial charge in [-0.15, -0.1) is 12.6 Å². The normalized spacial score (nSPS) is 23.2. The lowest BCUT2D eigenvalue weighted by molar-refractivity contribution is 0.0267. The minimum absolute atomic E-state index is 0.0284. The number of rotatable bonds is 2. The Bertz CT molecular complexity index is 475. The minimum atomic E-state index is -0.401. The predicted octanol–water partition coefficient (Wildman–Crippen LogP) is 2.66. The van der Waals surface area contributed by atoms with E-state index in [9.17, 15) is 9.90 Å². The number of carbonyl (C=O) groups excluding carboxylic acids is 1. The lowest BCUT2D eigenvalue weighted by Crippen LogP contribution is -2.46. The van der Waals surface area contributed by atoms with Crippen molar-refractivity contribution in [3.8, 4) is 0 Å². The van der Waals surface area contributed by atoms with Gasteiger partial charge in [0.25, 0.3) is 5.91 Å². The average molecular weight is 279 g/mol. The lowest BCUT2D eigenvalue weighted by Gasteiger charge is -2.35. The first-order valence-electron chi connectivity index (χ1n) is 6.75. The number of aryl methyl sites for hydroxylation is 1. The molecule has 1 saturated carbocycles. The fourth-order valence-electron chi connectivity index (χ4n) is 2.72. The van der Waals surface area contributed by atoms with E-state index in [4.69, 9.17) is 0 Å². The Hall–Kier alpha value is -1.00. The van der Waals surface area contributed by atoms with Crippen LogP contribution in [0, 0.1) is 6.92 Å². The molecule has 104 valence electrons. The zero-order valence-corrected chi connectivity index (χ0v) is 12.4. The van der Waals surface area contributed by atoms with Gasteiger partial charge in [-0.2, -0.15) is 0 Å². The number of hydrogen-bond acceptors (Lipinski definition) is 3. The molecule has 19 heavy (non-hydrogen) atoms. The molecule has 0 spiro atoms. The van der Waals surface area contributed by atoms with E-state index >= 15 is 0 Å². The molecular formula is C15H21NO2S. The molecule has 4 heteroatoms. The molecule has 0 radical (unpaired) electrons. The highest BCUT2D eigenvalue weighted by Gasteiger charge is 2.30. The van der Waals surface area contributed by atoms with Gasteiger partial charge in [0, 0.05) is 17.5 Å². The summed E-state index contributed by atoms with van der Waals surface area (Å²) in [6.07, 6.45) is 3.38. The topological polar surface area (TPSA) is 40.5 Å². The van der Waals surface area contributed by atoms with E-state index in [1.54, 1.807) is 18.0 Å². The molecule has 1 aliphatic carbocycles. The third kappa shape index (κ3) is 3.12. The van der Waals surface area contributed by atoms with Crippen molar-refractivity contribution in [1.29, 1.82) is 0 Å². The van der Waals surface area contributed by atoms with Gasteiger partial charge in [0.1, 0.15) is 0 Å². The Morgan fingerprint density at radius 1 is 1.37 bits per heavy atom. The second-order valence-electron chi connectivity index (χ2n) is 5.33. The van der Waals surface area contributed by atoms with E-state index in [1.807, 2.05) is 19.1 Å². The number of aliphatic hydroxyl groups is 1. The number of thiol groups is 1. The fraction of sp³-hybridized carbons (Fsp3) is 0.533. The maximum Gasteiger partial charge on any atom is 0.254 e. The number of nitrogens with zero attached hydrogens (tertiary/aromatic N) is 1. The summed E-state index contributed by atoms with van der Waals surface area (Å²) in [5.74, 6) is -0.0284. The van der Waals surface area contributed by atoms with Crippen LogP contribution in [0.3, 0.4) is 0 Å². The van der Waals surface area contributed by atoms with Gasteiger partial charge in [-0.1, -0.05) is 18.9 Å². The molecule has 1 aliphatic rings. The zero-order valence-electron chi connectivity index (χ0n) is 11.5. The lowest BCUT2D eigenvalue weighted by atomic mass is 9.91. The quantitative estimate of drug-likeness (QED) is 0.817. The van der Waals surface area contributed by atoms with Gasteiger partial charge < -0.3 is 10.0 Å². The molecule has 2 rings (SSSR count). The average Bonchev–Trinajstić information content (AvgIpc) is 2.40. The number of aliphatic hydroxyl groups excluding tert-OH is 1. The third-order valence-electron chi connectivity index (χ3n) is 3.96. The van der Waals surface area contributed by atoms with Crippen LogP contribution in [0.4, 0.5) is 0 Å². The Labute approximate surface area is 120 Å². The van der Waals surface area contributed by atoms with Crippen LogP contribution in [0.25, 0.3) is 0 Å². The van der Waals surface area contributed by atoms with Crippen molar-refractivity contribution in [3.63, 3.8) is 0 Å². The SMILES string of the molecule is Cc1ccc(S)cc1C(=O)N(C)C1CCCCC1O. The molecule has 1 aromatic rings. The van der Waals surface area contributed by atoms with E-state index in [-0.39, 0.29) is 11.9 Å². The summed E-state index contributed by atoms with van der Waals surface area (Å²) in [6.45, 7) is 1.92. The molecule has 0 bridgehead atoms. The highest BCUT2D eigenvalue weighted by molar-refractivity contribution is 7.80. The highest BCUT2D eigenvalue weighted by Crippen LogP contribution is 2.24. The van der Waals surface area contributed by atoms with Crippen LogP contribution in [0.15, 0.2) is 23.1 Å². The van der Waals surface area contributed by atoms with Gasteiger partial charge in [0.05, 0.1) is 12.1 Å². The van der Waals surface area contributed by atoms with Gasteiger partial charge in [-0.3, -0.25) is 4.79 Å². The Balaban J connectivity index is 2.20. The third-order valence-corrected chi connectivity index (χ3v) is 4.24. The molecule has 1 amide bonds. The van der Waals surface area contributed by atoms with Gasteiger partial charge in [-0.25, -0.2) is 0 Å². The maximum absolute atomic E-state index is 12.5. The van der Waals surface area contributed by atoms with Gasteiger partial charge in [0.15, 0.2) is 0 Å². The van der Waals surface area contributed by atoms with Gasteiger partial charge in [0.2, 0.25) is 0 Å². The molecule has 3 nitrogen and oxygen atoms in total. The fourth-order valence-corrected chi connectivity index (χ4v) is 2.93. The monoisotopic (exact) mass is 279 g/mol. The van der Waals surface area contributed by atoms with Crippen molar-refractivity contribution in [2.45, 2.75) is 49.6 Å². The summed E-state index contributed by atoms with van der Waals surface area (Å²) in [7, 11) is 1.78. The molecule has 2 unspecified atom stereocenters. The van der Waals surface area contributed by atoms with Crippen molar-refractivity contribution < 1.29 is 9.90 Å². The van der Waals surface area contributed by atoms with Crippen LogP contribution in [0.2, 0.25) is 0 Å². The van der Waals surface area contributed by atoms with Crippen LogP contribution < -0.4 is 0 Å². The van der Waals surface area contributed by atoms with Crippen LogP contribution >= 0.6 is 12.6 Å². The van der Waals surface area contributed by atoms with Crippen molar-refractivity contribution in [2.24, 2.45) is 0 Å². The smallest absolute Gasteiger partial charge is 0.254 e. The summed E-state index contributed by atoms with van der Waals surface area (Å²) in [5, 5.41) is 10.1. The molecule has 0 heterocycles. The molecule has 1 aromatic carbocycles. The molecule has 2 atom stereocenters. The summed E-state index contributed by atoms with van der Waals surface area (Å²) in [5.41, 5.74) is 1.62. The standard InChI is InChI=1S/C15H21NO2S/c1-10-7-8-11(19)9-12(10)15(18)16(2)13-5-3-4-6-14(13)17/h7-9,13-14,17,19H,3-6H2,1-2H3. The summed E-state index contributed by atoms with van der Waals surface area (Å²) in [4.78, 5) is 15.0. The zero-order chi connectivity index (χ0) is 14.0. The van der Waals surface area contributed by atoms with Gasteiger partial charge in [-0.05, 0) is 37.5 Å². The maximum atomic E-state index is 12.5. The van der Waals surface area contributed by atoms with Crippen molar-refractivity contribution in [1.82, 2.24) is 4.90 Å². The van der Waals surface area contributed by atoms with E-state index in [1.165, 1.54) is 0 Å². The van der Waals surface area contributed by atoms with E-state index < -0.39 is 6.10 Å². The first-order valence-corrected chi connectivity index (χ1v) is 7.20. The van der Waals surface area contributed by atoms with Crippen molar-refractivity contribution in [3.05, 3.63) is 29.3 Å². The number of amides is 1. The summed E-state index contributed by atoms with van der Waals surface area (Å²) < 4.78 is 0. The van der Waals surface area contributed by atoms with Crippen molar-refractivity contribution >= 4 is 18.5 Å². The van der Waals surface area contributed by atoms with Crippen LogP contribution in [-0.4, -0.2) is 35.1 Å². The highest BCUT2D eigenvalue weighted by atomic mass is 32.1. The van der Waals surface area contributed by atoms with Crippen LogP contribution in [0.5, 0.6) is 0 Å². The summed E-state index contributed by atoms with van der Waals surface area (Å²) >= 11 is 4.29. The van der Waals surface area contributed by atoms with E-state index in [2.05, 4.69) is 12.6 Å². The van der Waals surface area contributed by atoms with Gasteiger partial charge >= 0.3 is 0 Å². The second-order valence-corrected chi connectivity index (χ2v) is 5.85. The summed E-state index contributed by atoms with van der Waals surface area (Å²) in [6, 6.07) is 5.52. The molecule has 0 saturated heterocycles. The molecule has 0 aromatic heterocycles. The molecule has 1 fully saturated rings. The largest absolute Gasteiger partial charge is 0.391 e. The first kappa shape index (κ1) is 14.4. The van der Waals surface area contributed by atoms with Crippen LogP contribution in [-0.2, 0) is 0 Å². The molecular weight excluding hydrogens is 258 g/mol. The Kier molecular flexibility index (Phi) is 4.53. The predicted molar refractivity (Wildman–Crippen MR) is 78.8 cm³/mol. The Morgan fingerprint density at radius 2 is 2.05 bits per heavy atom. The minimum Gasteiger partial charge on any atom is -0.391 e. The van der Waals surface area contributed by atoms with E-state index in [0.717, 1.165) is 36.1 Å². The second kappa shape index (κ2) is 5.97. The van der Waals surface area contributed by atoms with Crippen molar-refractivity contribution in [2.75, 3.05) is 7.05 Å². The Morgan fingerprint density at radius 3 is 2.74 bits per heavy atom. The molecule has 1 N–H and O–H groups in total. The number of benzene rings is 1. The number of likely N-dealkylation sites (N-methyl/N-ethyl adjacent to an activating group) is 1. The number of hydrogen-bond donors (Lipinski definition) is 2. The van der Waals surface area contributed by atoms with E-state index in [0.29, 0.717) is 5.56 Å². The first-order chi connectivity index (χ1) is 9.00.